The van der Waals surface area contributed by atoms with Gasteiger partial charge in [0.1, 0.15) is 11.5 Å². The molecule has 0 amide bonds. The van der Waals surface area contributed by atoms with E-state index in [4.69, 9.17) is 14.7 Å². The number of carbonyl (C=O) groups excluding carboxylic acids is 1. The summed E-state index contributed by atoms with van der Waals surface area (Å²) in [6, 6.07) is 21.7. The first-order valence-corrected chi connectivity index (χ1v) is 8.31. The fourth-order valence-electron chi connectivity index (χ4n) is 2.62. The van der Waals surface area contributed by atoms with Crippen LogP contribution in [0.25, 0.3) is 11.1 Å². The highest BCUT2D eigenvalue weighted by molar-refractivity contribution is 5.91. The van der Waals surface area contributed by atoms with E-state index >= 15 is 0 Å². The molecule has 0 saturated heterocycles. The van der Waals surface area contributed by atoms with E-state index < -0.39 is 5.97 Å². The summed E-state index contributed by atoms with van der Waals surface area (Å²) >= 11 is 0. The van der Waals surface area contributed by atoms with E-state index in [1.54, 1.807) is 42.5 Å². The van der Waals surface area contributed by atoms with Crippen molar-refractivity contribution in [3.05, 3.63) is 96.3 Å². The fourth-order valence-corrected chi connectivity index (χ4v) is 2.62. The normalized spacial score (nSPS) is 9.93. The van der Waals surface area contributed by atoms with Gasteiger partial charge in [-0.05, 0) is 66.1 Å². The smallest absolute Gasteiger partial charge is 0.343 e. The van der Waals surface area contributed by atoms with Crippen molar-refractivity contribution < 1.29 is 14.3 Å². The van der Waals surface area contributed by atoms with Gasteiger partial charge in [0.2, 0.25) is 0 Å². The lowest BCUT2D eigenvalue weighted by Crippen LogP contribution is -2.08. The van der Waals surface area contributed by atoms with E-state index in [0.717, 1.165) is 16.7 Å². The van der Waals surface area contributed by atoms with Crippen LogP contribution in [0, 0.1) is 18.3 Å². The summed E-state index contributed by atoms with van der Waals surface area (Å²) in [4.78, 5) is 12.3. The highest BCUT2D eigenvalue weighted by Gasteiger charge is 2.11. The number of hydrogen-bond donors (Lipinski definition) is 0. The minimum absolute atomic E-state index is 0.436. The second-order valence-corrected chi connectivity index (χ2v) is 5.87. The van der Waals surface area contributed by atoms with Crippen LogP contribution in [0.3, 0.4) is 0 Å². The summed E-state index contributed by atoms with van der Waals surface area (Å²) in [5.41, 5.74) is 3.84. The molecule has 0 aromatic heterocycles. The first-order valence-electron chi connectivity index (χ1n) is 8.31. The van der Waals surface area contributed by atoms with Crippen LogP contribution in [0.5, 0.6) is 11.5 Å². The van der Waals surface area contributed by atoms with E-state index in [2.05, 4.69) is 12.6 Å². The van der Waals surface area contributed by atoms with Crippen molar-refractivity contribution in [1.29, 1.82) is 5.26 Å². The number of carbonyl (C=O) groups is 1. The lowest BCUT2D eigenvalue weighted by molar-refractivity contribution is 0.0734. The molecular formula is C23H17NO3. The molecule has 3 rings (SSSR count). The van der Waals surface area contributed by atoms with Crippen molar-refractivity contribution >= 4 is 5.97 Å². The second-order valence-electron chi connectivity index (χ2n) is 5.87. The maximum atomic E-state index is 12.3. The van der Waals surface area contributed by atoms with Gasteiger partial charge in [-0.15, -0.1) is 0 Å². The summed E-state index contributed by atoms with van der Waals surface area (Å²) in [6.45, 7) is 5.37. The molecule has 0 atom stereocenters. The van der Waals surface area contributed by atoms with E-state index in [-0.39, 0.29) is 0 Å². The van der Waals surface area contributed by atoms with Gasteiger partial charge in [-0.2, -0.15) is 5.26 Å². The van der Waals surface area contributed by atoms with Gasteiger partial charge in [-0.25, -0.2) is 4.79 Å². The molecule has 0 N–H and O–H groups in total. The number of aryl methyl sites for hydroxylation is 1. The number of nitriles is 1. The van der Waals surface area contributed by atoms with Crippen molar-refractivity contribution in [2.75, 3.05) is 0 Å². The maximum Gasteiger partial charge on any atom is 0.343 e. The third-order valence-electron chi connectivity index (χ3n) is 4.03. The van der Waals surface area contributed by atoms with Gasteiger partial charge in [0.05, 0.1) is 23.5 Å². The molecule has 4 heteroatoms. The van der Waals surface area contributed by atoms with Gasteiger partial charge >= 0.3 is 5.97 Å². The summed E-state index contributed by atoms with van der Waals surface area (Å²) in [7, 11) is 0. The molecule has 3 aromatic carbocycles. The van der Waals surface area contributed by atoms with Gasteiger partial charge in [0.25, 0.3) is 0 Å². The molecule has 0 aliphatic carbocycles. The Hall–Kier alpha value is -3.84. The molecular weight excluding hydrogens is 338 g/mol. The second kappa shape index (κ2) is 8.03. The Morgan fingerprint density at radius 2 is 1.63 bits per heavy atom. The van der Waals surface area contributed by atoms with Crippen LogP contribution in [0.15, 0.2) is 79.6 Å². The number of esters is 1. The molecule has 0 fully saturated rings. The highest BCUT2D eigenvalue weighted by Crippen LogP contribution is 2.24. The molecule has 0 saturated carbocycles. The number of hydrogen-bond acceptors (Lipinski definition) is 4. The third kappa shape index (κ3) is 4.23. The molecule has 0 bridgehead atoms. The van der Waals surface area contributed by atoms with Gasteiger partial charge in [0.15, 0.2) is 0 Å². The van der Waals surface area contributed by atoms with E-state index in [1.165, 1.54) is 6.26 Å². The minimum atomic E-state index is -0.436. The highest BCUT2D eigenvalue weighted by atomic mass is 16.5. The Kier molecular flexibility index (Phi) is 5.34. The topological polar surface area (TPSA) is 59.3 Å². The van der Waals surface area contributed by atoms with Gasteiger partial charge < -0.3 is 9.47 Å². The largest absolute Gasteiger partial charge is 0.465 e. The molecule has 27 heavy (non-hydrogen) atoms. The van der Waals surface area contributed by atoms with E-state index in [1.807, 2.05) is 31.2 Å². The third-order valence-corrected chi connectivity index (χ3v) is 4.03. The summed E-state index contributed by atoms with van der Waals surface area (Å²) in [5.74, 6) is 0.671. The van der Waals surface area contributed by atoms with Crippen LogP contribution in [0.4, 0.5) is 0 Å². The molecule has 0 heterocycles. The number of ether oxygens (including phenoxy) is 2. The molecule has 132 valence electrons. The van der Waals surface area contributed by atoms with Crippen molar-refractivity contribution in [3.8, 4) is 28.7 Å². The van der Waals surface area contributed by atoms with E-state index in [9.17, 15) is 4.79 Å². The molecule has 0 spiro atoms. The van der Waals surface area contributed by atoms with Crippen LogP contribution in [-0.2, 0) is 0 Å². The average Bonchev–Trinajstić information content (AvgIpc) is 2.70. The summed E-state index contributed by atoms with van der Waals surface area (Å²) in [5, 5.41) is 8.86. The Balaban J connectivity index is 1.72. The molecule has 0 aliphatic rings. The van der Waals surface area contributed by atoms with Crippen molar-refractivity contribution in [1.82, 2.24) is 0 Å². The van der Waals surface area contributed by atoms with Crippen molar-refractivity contribution in [2.24, 2.45) is 0 Å². The fraction of sp³-hybridized carbons (Fsp3) is 0.0435. The van der Waals surface area contributed by atoms with Crippen LogP contribution in [0.1, 0.15) is 21.5 Å². The monoisotopic (exact) mass is 355 g/mol. The minimum Gasteiger partial charge on any atom is -0.465 e. The van der Waals surface area contributed by atoms with Gasteiger partial charge in [-0.1, -0.05) is 30.8 Å². The zero-order chi connectivity index (χ0) is 19.2. The summed E-state index contributed by atoms with van der Waals surface area (Å²) < 4.78 is 10.7. The molecule has 4 nitrogen and oxygen atoms in total. The predicted octanol–water partition coefficient (Wildman–Crippen LogP) is 5.28. The van der Waals surface area contributed by atoms with Crippen molar-refractivity contribution in [2.45, 2.75) is 6.92 Å². The number of rotatable bonds is 5. The molecule has 3 aromatic rings. The number of nitrogens with zero attached hydrogens (tertiary/aromatic N) is 1. The maximum absolute atomic E-state index is 12.3. The Morgan fingerprint density at radius 1 is 1.00 bits per heavy atom. The zero-order valence-corrected chi connectivity index (χ0v) is 14.8. The predicted molar refractivity (Wildman–Crippen MR) is 104 cm³/mol. The average molecular weight is 355 g/mol. The SMILES string of the molecule is C=COc1ccc(C(=O)Oc2ccc(-c3ccc(C#N)cc3)cc2)cc1C. The summed E-state index contributed by atoms with van der Waals surface area (Å²) in [6.07, 6.45) is 1.34. The molecule has 0 unspecified atom stereocenters. The lowest BCUT2D eigenvalue weighted by Gasteiger charge is -2.08. The van der Waals surface area contributed by atoms with Gasteiger partial charge in [0, 0.05) is 0 Å². The van der Waals surface area contributed by atoms with Crippen molar-refractivity contribution in [3.63, 3.8) is 0 Å². The molecule has 0 aliphatic heterocycles. The Bertz CT molecular complexity index is 1010. The van der Waals surface area contributed by atoms with Gasteiger partial charge in [-0.3, -0.25) is 0 Å². The molecule has 0 radical (unpaired) electrons. The van der Waals surface area contributed by atoms with Crippen LogP contribution >= 0.6 is 0 Å². The van der Waals surface area contributed by atoms with Crippen LogP contribution in [-0.4, -0.2) is 5.97 Å². The van der Waals surface area contributed by atoms with Crippen LogP contribution < -0.4 is 9.47 Å². The lowest BCUT2D eigenvalue weighted by atomic mass is 10.0. The standard InChI is InChI=1S/C23H17NO3/c1-3-26-22-13-10-20(14-16(22)2)23(25)27-21-11-8-19(9-12-21)18-6-4-17(15-24)5-7-18/h3-14H,1H2,2H3. The Labute approximate surface area is 157 Å². The first kappa shape index (κ1) is 18.0. The quantitative estimate of drug-likeness (QED) is 0.355. The Morgan fingerprint density at radius 3 is 2.19 bits per heavy atom. The number of benzene rings is 3. The zero-order valence-electron chi connectivity index (χ0n) is 14.8. The van der Waals surface area contributed by atoms with Crippen LogP contribution in [0.2, 0.25) is 0 Å². The van der Waals surface area contributed by atoms with E-state index in [0.29, 0.717) is 22.6 Å². The first-order chi connectivity index (χ1) is 13.1.